The van der Waals surface area contributed by atoms with Gasteiger partial charge in [-0.05, 0) is 37.6 Å². The summed E-state index contributed by atoms with van der Waals surface area (Å²) in [5, 5.41) is 0. The molecule has 0 aliphatic heterocycles. The summed E-state index contributed by atoms with van der Waals surface area (Å²) in [6, 6.07) is 2.93. The first-order valence-electron chi connectivity index (χ1n) is 6.33. The molecule has 0 spiro atoms. The Bertz CT molecular complexity index is 356. The molecular formula is C14H24FN3. The minimum Gasteiger partial charge on any atom is -0.323 e. The lowest BCUT2D eigenvalue weighted by atomic mass is 9.96. The van der Waals surface area contributed by atoms with E-state index in [-0.39, 0.29) is 17.3 Å². The van der Waals surface area contributed by atoms with Crippen LogP contribution in [-0.2, 0) is 0 Å². The molecule has 3 nitrogen and oxygen atoms in total. The largest absolute Gasteiger partial charge is 0.323 e. The predicted octanol–water partition coefficient (Wildman–Crippen LogP) is 2.59. The monoisotopic (exact) mass is 253 g/mol. The number of pyridine rings is 1. The zero-order valence-electron chi connectivity index (χ0n) is 11.8. The second kappa shape index (κ2) is 6.25. The molecule has 0 radical (unpaired) electrons. The van der Waals surface area contributed by atoms with E-state index in [0.29, 0.717) is 0 Å². The van der Waals surface area contributed by atoms with E-state index in [1.807, 2.05) is 0 Å². The van der Waals surface area contributed by atoms with Gasteiger partial charge in [0, 0.05) is 12.6 Å². The maximum Gasteiger partial charge on any atom is 0.141 e. The van der Waals surface area contributed by atoms with E-state index in [2.05, 4.69) is 37.7 Å². The van der Waals surface area contributed by atoms with Crippen molar-refractivity contribution in [2.45, 2.75) is 33.2 Å². The van der Waals surface area contributed by atoms with Crippen molar-refractivity contribution in [3.05, 3.63) is 29.8 Å². The first-order chi connectivity index (χ1) is 8.28. The lowest BCUT2D eigenvalue weighted by molar-refractivity contribution is 0.221. The minimum atomic E-state index is -0.323. The summed E-state index contributed by atoms with van der Waals surface area (Å²) >= 11 is 0. The Balaban J connectivity index is 2.41. The SMILES string of the molecule is CN(CCC(N)c1ccc(F)cn1)CC(C)(C)C. The van der Waals surface area contributed by atoms with E-state index in [1.54, 1.807) is 6.07 Å². The van der Waals surface area contributed by atoms with Gasteiger partial charge < -0.3 is 10.6 Å². The van der Waals surface area contributed by atoms with Gasteiger partial charge in [-0.2, -0.15) is 0 Å². The van der Waals surface area contributed by atoms with E-state index in [0.717, 1.165) is 25.2 Å². The molecule has 1 aromatic heterocycles. The summed E-state index contributed by atoms with van der Waals surface area (Å²) < 4.78 is 12.7. The number of aromatic nitrogens is 1. The zero-order valence-corrected chi connectivity index (χ0v) is 11.8. The Morgan fingerprint density at radius 2 is 2.06 bits per heavy atom. The maximum absolute atomic E-state index is 12.7. The summed E-state index contributed by atoms with van der Waals surface area (Å²) in [5.41, 5.74) is 7.08. The smallest absolute Gasteiger partial charge is 0.141 e. The van der Waals surface area contributed by atoms with Crippen LogP contribution in [0.1, 0.15) is 38.9 Å². The Morgan fingerprint density at radius 3 is 2.56 bits per heavy atom. The molecule has 0 aromatic carbocycles. The highest BCUT2D eigenvalue weighted by Gasteiger charge is 2.15. The molecule has 0 saturated heterocycles. The number of nitrogens with two attached hydrogens (primary N) is 1. The van der Waals surface area contributed by atoms with Gasteiger partial charge in [-0.3, -0.25) is 4.98 Å². The summed E-state index contributed by atoms with van der Waals surface area (Å²) in [4.78, 5) is 6.28. The van der Waals surface area contributed by atoms with Crippen molar-refractivity contribution >= 4 is 0 Å². The van der Waals surface area contributed by atoms with Crippen LogP contribution >= 0.6 is 0 Å². The van der Waals surface area contributed by atoms with E-state index in [4.69, 9.17) is 5.73 Å². The Morgan fingerprint density at radius 1 is 1.39 bits per heavy atom. The minimum absolute atomic E-state index is 0.131. The molecule has 0 bridgehead atoms. The number of halogens is 1. The van der Waals surface area contributed by atoms with Crippen molar-refractivity contribution in [1.82, 2.24) is 9.88 Å². The standard InChI is InChI=1S/C14H24FN3/c1-14(2,3)10-18(4)8-7-12(16)13-6-5-11(15)9-17-13/h5-6,9,12H,7-8,10,16H2,1-4H3. The highest BCUT2D eigenvalue weighted by molar-refractivity contribution is 5.09. The van der Waals surface area contributed by atoms with Gasteiger partial charge in [0.25, 0.3) is 0 Å². The molecular weight excluding hydrogens is 229 g/mol. The van der Waals surface area contributed by atoms with Gasteiger partial charge in [-0.25, -0.2) is 4.39 Å². The molecule has 4 heteroatoms. The van der Waals surface area contributed by atoms with Crippen LogP contribution < -0.4 is 5.73 Å². The van der Waals surface area contributed by atoms with E-state index in [9.17, 15) is 4.39 Å². The molecule has 0 aliphatic rings. The van der Waals surface area contributed by atoms with Crippen LogP contribution in [0.3, 0.4) is 0 Å². The number of hydrogen-bond acceptors (Lipinski definition) is 3. The van der Waals surface area contributed by atoms with Gasteiger partial charge in [-0.1, -0.05) is 20.8 Å². The lowest BCUT2D eigenvalue weighted by Gasteiger charge is -2.27. The van der Waals surface area contributed by atoms with Crippen molar-refractivity contribution in [3.8, 4) is 0 Å². The zero-order chi connectivity index (χ0) is 13.8. The Hall–Kier alpha value is -1.00. The molecule has 102 valence electrons. The average molecular weight is 253 g/mol. The van der Waals surface area contributed by atoms with Crippen LogP contribution in [0.25, 0.3) is 0 Å². The molecule has 1 heterocycles. The van der Waals surface area contributed by atoms with Gasteiger partial charge in [0.15, 0.2) is 0 Å². The highest BCUT2D eigenvalue weighted by atomic mass is 19.1. The lowest BCUT2D eigenvalue weighted by Crippen LogP contribution is -2.31. The van der Waals surface area contributed by atoms with Crippen LogP contribution in [0.5, 0.6) is 0 Å². The number of rotatable bonds is 5. The summed E-state index contributed by atoms with van der Waals surface area (Å²) in [5.74, 6) is -0.323. The molecule has 0 saturated carbocycles. The van der Waals surface area contributed by atoms with E-state index in [1.165, 1.54) is 12.3 Å². The highest BCUT2D eigenvalue weighted by Crippen LogP contribution is 2.16. The number of hydrogen-bond donors (Lipinski definition) is 1. The van der Waals surface area contributed by atoms with E-state index < -0.39 is 0 Å². The quantitative estimate of drug-likeness (QED) is 0.877. The molecule has 0 aliphatic carbocycles. The van der Waals surface area contributed by atoms with E-state index >= 15 is 0 Å². The fraction of sp³-hybridized carbons (Fsp3) is 0.643. The third-order valence-electron chi connectivity index (χ3n) is 2.70. The van der Waals surface area contributed by atoms with Gasteiger partial charge in [0.2, 0.25) is 0 Å². The van der Waals surface area contributed by atoms with Crippen molar-refractivity contribution in [2.24, 2.45) is 11.1 Å². The van der Waals surface area contributed by atoms with Crippen LogP contribution in [0.4, 0.5) is 4.39 Å². The first-order valence-corrected chi connectivity index (χ1v) is 6.33. The van der Waals surface area contributed by atoms with Crippen LogP contribution in [-0.4, -0.2) is 30.0 Å². The Kier molecular flexibility index (Phi) is 5.23. The van der Waals surface area contributed by atoms with Crippen molar-refractivity contribution in [2.75, 3.05) is 20.1 Å². The first kappa shape index (κ1) is 15.1. The molecule has 1 atom stereocenters. The van der Waals surface area contributed by atoms with Crippen LogP contribution in [0.2, 0.25) is 0 Å². The molecule has 1 aromatic rings. The third-order valence-corrected chi connectivity index (χ3v) is 2.70. The molecule has 1 unspecified atom stereocenters. The molecule has 0 amide bonds. The normalized spacial score (nSPS) is 13.9. The van der Waals surface area contributed by atoms with Gasteiger partial charge >= 0.3 is 0 Å². The van der Waals surface area contributed by atoms with Crippen molar-refractivity contribution in [1.29, 1.82) is 0 Å². The second-order valence-electron chi connectivity index (χ2n) is 6.09. The summed E-state index contributed by atoms with van der Waals surface area (Å²) in [6.45, 7) is 8.58. The maximum atomic E-state index is 12.7. The second-order valence-corrected chi connectivity index (χ2v) is 6.09. The predicted molar refractivity (Wildman–Crippen MR) is 72.7 cm³/mol. The summed E-state index contributed by atoms with van der Waals surface area (Å²) in [7, 11) is 2.09. The fourth-order valence-corrected chi connectivity index (χ4v) is 2.00. The molecule has 2 N–H and O–H groups in total. The third kappa shape index (κ3) is 5.56. The van der Waals surface area contributed by atoms with Crippen LogP contribution in [0, 0.1) is 11.2 Å². The fourth-order valence-electron chi connectivity index (χ4n) is 2.00. The average Bonchev–Trinajstić information content (AvgIpc) is 2.24. The van der Waals surface area contributed by atoms with Gasteiger partial charge in [0.1, 0.15) is 5.82 Å². The molecule has 18 heavy (non-hydrogen) atoms. The summed E-state index contributed by atoms with van der Waals surface area (Å²) in [6.07, 6.45) is 2.04. The van der Waals surface area contributed by atoms with Crippen molar-refractivity contribution in [3.63, 3.8) is 0 Å². The molecule has 1 rings (SSSR count). The molecule has 0 fully saturated rings. The van der Waals surface area contributed by atoms with Gasteiger partial charge in [0.05, 0.1) is 11.9 Å². The van der Waals surface area contributed by atoms with Crippen molar-refractivity contribution < 1.29 is 4.39 Å². The number of nitrogens with zero attached hydrogens (tertiary/aromatic N) is 2. The Labute approximate surface area is 109 Å². The van der Waals surface area contributed by atoms with Crippen LogP contribution in [0.15, 0.2) is 18.3 Å². The topological polar surface area (TPSA) is 42.1 Å². The van der Waals surface area contributed by atoms with Gasteiger partial charge in [-0.15, -0.1) is 0 Å².